The van der Waals surface area contributed by atoms with Crippen molar-refractivity contribution in [3.05, 3.63) is 61.0 Å². The van der Waals surface area contributed by atoms with E-state index in [0.717, 1.165) is 0 Å². The van der Waals surface area contributed by atoms with Crippen LogP contribution in [-0.4, -0.2) is 114 Å². The van der Waals surface area contributed by atoms with Gasteiger partial charge in [-0.05, 0) is 24.0 Å². The molecule has 52 heavy (non-hydrogen) atoms. The first-order chi connectivity index (χ1) is 24.7. The first-order valence-corrected chi connectivity index (χ1v) is 18.6. The fourth-order valence-corrected chi connectivity index (χ4v) is 8.23. The summed E-state index contributed by atoms with van der Waals surface area (Å²) in [6, 6.07) is 6.78. The maximum Gasteiger partial charge on any atom is 0.494 e. The topological polar surface area (TPSA) is 322 Å². The maximum absolute atomic E-state index is 12.9. The number of nitrogens with two attached hydrogens (primary N) is 3. The number of phosphoric acid groups is 2. The van der Waals surface area contributed by atoms with Crippen LogP contribution in [0.15, 0.2) is 61.0 Å². The van der Waals surface area contributed by atoms with E-state index in [-0.39, 0.29) is 17.8 Å². The predicted molar refractivity (Wildman–Crippen MR) is 176 cm³/mol. The van der Waals surface area contributed by atoms with Crippen LogP contribution in [-0.2, 0) is 46.1 Å². The number of anilines is 2. The van der Waals surface area contributed by atoms with E-state index >= 15 is 0 Å². The lowest BCUT2D eigenvalue weighted by Crippen LogP contribution is -2.40. The molecule has 1 aromatic carbocycles. The van der Waals surface area contributed by atoms with Crippen LogP contribution >= 0.6 is 15.6 Å². The molecule has 7 rings (SSSR count). The first-order valence-electron chi connectivity index (χ1n) is 15.6. The van der Waals surface area contributed by atoms with Gasteiger partial charge in [0.1, 0.15) is 48.5 Å². The molecule has 4 aliphatic heterocycles. The number of phosphoric ester groups is 2. The number of aromatic nitrogens is 4. The number of rotatable bonds is 12. The quantitative estimate of drug-likeness (QED) is 0.0617. The molecule has 22 nitrogen and oxygen atoms in total. The van der Waals surface area contributed by atoms with Gasteiger partial charge in [-0.15, -0.1) is 0 Å². The van der Waals surface area contributed by atoms with Gasteiger partial charge in [-0.2, -0.15) is 4.31 Å². The van der Waals surface area contributed by atoms with Crippen molar-refractivity contribution in [3.63, 3.8) is 0 Å². The number of benzene rings is 1. The molecule has 0 bridgehead atoms. The number of aliphatic hydroxyl groups excluding tert-OH is 2. The number of amides is 1. The molecule has 3 fully saturated rings. The third-order valence-corrected chi connectivity index (χ3v) is 11.2. The summed E-state index contributed by atoms with van der Waals surface area (Å²) in [4.78, 5) is 46.0. The van der Waals surface area contributed by atoms with Crippen molar-refractivity contribution in [3.8, 4) is 0 Å². The fraction of sp³-hybridized carbons (Fsp3) is 0.407. The van der Waals surface area contributed by atoms with Gasteiger partial charge in [0.2, 0.25) is 5.91 Å². The highest BCUT2D eigenvalue weighted by atomic mass is 31.3. The van der Waals surface area contributed by atoms with E-state index in [0.29, 0.717) is 22.3 Å². The number of carbonyl (C=O) groups is 1. The zero-order chi connectivity index (χ0) is 36.9. The first kappa shape index (κ1) is 36.6. The second-order valence-corrected chi connectivity index (χ2v) is 15.1. The van der Waals surface area contributed by atoms with Gasteiger partial charge in [0, 0.05) is 23.7 Å². The Bertz CT molecular complexity index is 2010. The van der Waals surface area contributed by atoms with Crippen LogP contribution in [0.25, 0.3) is 11.2 Å². The van der Waals surface area contributed by atoms with Gasteiger partial charge in [0.05, 0.1) is 19.5 Å². The molecule has 3 saturated heterocycles. The van der Waals surface area contributed by atoms with Gasteiger partial charge >= 0.3 is 22.8 Å². The summed E-state index contributed by atoms with van der Waals surface area (Å²) in [5.41, 5.74) is 19.1. The Balaban J connectivity index is 1.00. The standard InChI is InChI=1S/C27H33BN8O14P2/c29-15-5-1-4-14(7-15)28-48-21-17(47-27(22(21)49-28)36-12-34-18-23(30)32-11-33-25(18)36)10-45-52(42,43)50-51(40,41)44-9-16-19(37)20(38)26(46-16)35-6-2-3-13(8-35)24(31)39/h1-2,4-8,11-12,16-17,19-22,26-27,37-38H,3,9-10,29H2,(H2,31,39)(H,40,41)(H,42,43)(H2,30,32,33)/t16-,17-,19-,20-,21-,22-,26-,27-/m1/s1. The Morgan fingerprint density at radius 3 is 2.42 bits per heavy atom. The van der Waals surface area contributed by atoms with E-state index < -0.39 is 91.0 Å². The van der Waals surface area contributed by atoms with Gasteiger partial charge in [-0.25, -0.2) is 24.1 Å². The van der Waals surface area contributed by atoms with Gasteiger partial charge in [-0.1, -0.05) is 18.2 Å². The third-order valence-electron chi connectivity index (χ3n) is 8.57. The molecule has 10 atom stereocenters. The van der Waals surface area contributed by atoms with E-state index in [1.807, 2.05) is 0 Å². The van der Waals surface area contributed by atoms with Crippen LogP contribution in [0.2, 0.25) is 0 Å². The van der Waals surface area contributed by atoms with Crippen molar-refractivity contribution in [2.24, 2.45) is 5.73 Å². The molecular formula is C27H33BN8O14P2. The van der Waals surface area contributed by atoms with Crippen LogP contribution in [0.1, 0.15) is 12.6 Å². The number of primary amides is 1. The lowest BCUT2D eigenvalue weighted by molar-refractivity contribution is -0.115. The van der Waals surface area contributed by atoms with Crippen molar-refractivity contribution >= 4 is 56.8 Å². The number of fused-ring (bicyclic) bond motifs is 2. The molecule has 278 valence electrons. The van der Waals surface area contributed by atoms with Crippen molar-refractivity contribution < 1.29 is 66.1 Å². The number of carbonyl (C=O) groups excluding carboxylic acids is 1. The summed E-state index contributed by atoms with van der Waals surface area (Å²) in [5, 5.41) is 21.0. The Hall–Kier alpha value is -3.80. The number of imidazole rings is 1. The maximum atomic E-state index is 12.9. The Labute approximate surface area is 294 Å². The Kier molecular flexibility index (Phi) is 9.99. The fourth-order valence-electron chi connectivity index (χ4n) is 6.14. The lowest BCUT2D eigenvalue weighted by Gasteiger charge is -2.28. The SMILES string of the molecule is NC(=O)C1=CN([C@@H]2O[C@H](COP(=O)(O)OP(=O)(O)OC[C@H]3O[C@@H](n4cnc5c(N)ncnc54)[C@@H]4OB(c5cccc(N)c5)O[C@@H]43)[C@@H](O)[C@H]2O)C=CC1. The van der Waals surface area contributed by atoms with Crippen molar-refractivity contribution in [2.45, 2.75) is 55.5 Å². The molecule has 25 heteroatoms. The van der Waals surface area contributed by atoms with E-state index in [1.165, 1.54) is 34.5 Å². The highest BCUT2D eigenvalue weighted by molar-refractivity contribution is 7.61. The highest BCUT2D eigenvalue weighted by Crippen LogP contribution is 2.61. The van der Waals surface area contributed by atoms with Gasteiger partial charge < -0.3 is 60.9 Å². The highest BCUT2D eigenvalue weighted by Gasteiger charge is 2.56. The monoisotopic (exact) mass is 766 g/mol. The minimum absolute atomic E-state index is 0.119. The van der Waals surface area contributed by atoms with E-state index in [1.54, 1.807) is 30.3 Å². The minimum Gasteiger partial charge on any atom is -0.399 e. The van der Waals surface area contributed by atoms with Crippen LogP contribution in [0.4, 0.5) is 11.5 Å². The van der Waals surface area contributed by atoms with Gasteiger partial charge in [0.25, 0.3) is 0 Å². The normalized spacial score (nSPS) is 31.0. The minimum atomic E-state index is -5.37. The Morgan fingerprint density at radius 1 is 0.981 bits per heavy atom. The summed E-state index contributed by atoms with van der Waals surface area (Å²) in [5.74, 6) is -0.581. The number of hydrogen-bond acceptors (Lipinski definition) is 18. The van der Waals surface area contributed by atoms with Crippen molar-refractivity contribution in [1.29, 1.82) is 0 Å². The van der Waals surface area contributed by atoms with Crippen LogP contribution < -0.4 is 22.7 Å². The Morgan fingerprint density at radius 2 is 1.69 bits per heavy atom. The number of ether oxygens (including phenoxy) is 2. The molecule has 2 unspecified atom stereocenters. The van der Waals surface area contributed by atoms with E-state index in [9.17, 15) is 33.9 Å². The van der Waals surface area contributed by atoms with Crippen LogP contribution in [0.3, 0.4) is 0 Å². The lowest BCUT2D eigenvalue weighted by atomic mass is 9.79. The molecule has 4 aliphatic rings. The van der Waals surface area contributed by atoms with Crippen LogP contribution in [0, 0.1) is 0 Å². The van der Waals surface area contributed by atoms with Gasteiger partial charge in [0.15, 0.2) is 23.9 Å². The number of nitrogens with zero attached hydrogens (tertiary/aromatic N) is 5. The molecule has 6 heterocycles. The smallest absolute Gasteiger partial charge is 0.399 e. The zero-order valence-electron chi connectivity index (χ0n) is 26.7. The number of hydrogen-bond donors (Lipinski definition) is 7. The largest absolute Gasteiger partial charge is 0.494 e. The summed E-state index contributed by atoms with van der Waals surface area (Å²) >= 11 is 0. The average molecular weight is 766 g/mol. The van der Waals surface area contributed by atoms with E-state index in [4.69, 9.17) is 45.0 Å². The second-order valence-electron chi connectivity index (χ2n) is 12.1. The summed E-state index contributed by atoms with van der Waals surface area (Å²) < 4.78 is 65.6. The van der Waals surface area contributed by atoms with Crippen molar-refractivity contribution in [2.75, 3.05) is 24.7 Å². The number of aliphatic hydroxyl groups is 2. The number of nitrogen functional groups attached to an aromatic ring is 2. The molecule has 2 aromatic heterocycles. The van der Waals surface area contributed by atoms with Crippen molar-refractivity contribution in [1.82, 2.24) is 24.4 Å². The average Bonchev–Trinajstić information content (AvgIpc) is 3.86. The van der Waals surface area contributed by atoms with E-state index in [2.05, 4.69) is 19.3 Å². The summed E-state index contributed by atoms with van der Waals surface area (Å²) in [7, 11) is -11.7. The third kappa shape index (κ3) is 7.37. The molecule has 10 N–H and O–H groups in total. The molecule has 0 saturated carbocycles. The predicted octanol–water partition coefficient (Wildman–Crippen LogP) is -1.65. The summed E-state index contributed by atoms with van der Waals surface area (Å²) in [6.45, 7) is -1.57. The molecular weight excluding hydrogens is 733 g/mol. The summed E-state index contributed by atoms with van der Waals surface area (Å²) in [6.07, 6.45) is -2.42. The molecule has 0 aliphatic carbocycles. The molecule has 0 spiro atoms. The van der Waals surface area contributed by atoms with Gasteiger partial charge in [-0.3, -0.25) is 18.4 Å². The molecule has 3 aromatic rings. The molecule has 0 radical (unpaired) electrons. The zero-order valence-corrected chi connectivity index (χ0v) is 28.5. The second kappa shape index (κ2) is 14.2. The van der Waals surface area contributed by atoms with Crippen LogP contribution in [0.5, 0.6) is 0 Å². The molecule has 1 amide bonds. The number of allylic oxidation sites excluding steroid dienone is 1.